The maximum absolute atomic E-state index is 13.7. The van der Waals surface area contributed by atoms with Crippen molar-refractivity contribution in [2.45, 2.75) is 271 Å². The van der Waals surface area contributed by atoms with Crippen molar-refractivity contribution in [1.29, 1.82) is 0 Å². The Morgan fingerprint density at radius 1 is 0.725 bits per heavy atom. The van der Waals surface area contributed by atoms with Crippen LogP contribution in [0.15, 0.2) is 24.3 Å². The van der Waals surface area contributed by atoms with Gasteiger partial charge in [-0.15, -0.1) is 0 Å². The minimum absolute atomic E-state index is 0.000302. The molecule has 5 atom stereocenters. The van der Waals surface area contributed by atoms with Crippen LogP contribution in [0.2, 0.25) is 0 Å². The van der Waals surface area contributed by atoms with E-state index in [1.165, 1.54) is 0 Å². The molecule has 0 radical (unpaired) electrons. The molecule has 1 aliphatic heterocycles. The van der Waals surface area contributed by atoms with Crippen molar-refractivity contribution in [3.8, 4) is 0 Å². The molecule has 0 aromatic carbocycles. The maximum atomic E-state index is 13.7. The molecule has 1 saturated heterocycles. The Labute approximate surface area is 415 Å². The number of hydrogen-bond acceptors (Lipinski definition) is 11. The summed E-state index contributed by atoms with van der Waals surface area (Å²) in [5, 5.41) is 9.70. The number of cyclic esters (lactones) is 1. The SMILES string of the molecule is CCCCCCC(CC=CCCCCCCCC(=O)OC12CC1(OC(=O)CCCCCCCC=CCC1CCCC(CC)C(C)(C(C)(N)C(=O)C3CC3)C(=O)O1)C2)OC(=O)C(C)(C)C(C)(C)C(=O)O. The van der Waals surface area contributed by atoms with Gasteiger partial charge in [0.1, 0.15) is 12.2 Å². The lowest BCUT2D eigenvalue weighted by Gasteiger charge is -2.47. The van der Waals surface area contributed by atoms with Crippen LogP contribution in [0, 0.1) is 28.1 Å². The molecular formula is C57H93NO11. The first-order valence-corrected chi connectivity index (χ1v) is 27.4. The van der Waals surface area contributed by atoms with E-state index < -0.39 is 44.9 Å². The number of unbranched alkanes of at least 4 members (excludes halogenated alkanes) is 13. The Bertz CT molecular complexity index is 1770. The Hall–Kier alpha value is -3.54. The fourth-order valence-corrected chi connectivity index (χ4v) is 10.2. The molecular weight excluding hydrogens is 875 g/mol. The summed E-state index contributed by atoms with van der Waals surface area (Å²) in [6, 6.07) is 0. The molecule has 3 N–H and O–H groups in total. The molecule has 3 saturated carbocycles. The quantitative estimate of drug-likeness (QED) is 0.0265. The zero-order valence-electron chi connectivity index (χ0n) is 44.2. The van der Waals surface area contributed by atoms with Crippen LogP contribution < -0.4 is 5.73 Å². The van der Waals surface area contributed by atoms with Crippen molar-refractivity contribution < 1.29 is 52.8 Å². The van der Waals surface area contributed by atoms with E-state index in [1.54, 1.807) is 34.6 Å². The number of ketones is 1. The predicted octanol–water partition coefficient (Wildman–Crippen LogP) is 12.6. The highest BCUT2D eigenvalue weighted by Crippen LogP contribution is 2.75. The van der Waals surface area contributed by atoms with Gasteiger partial charge in [0, 0.05) is 44.4 Å². The van der Waals surface area contributed by atoms with Gasteiger partial charge in [-0.25, -0.2) is 0 Å². The molecule has 0 amide bonds. The summed E-state index contributed by atoms with van der Waals surface area (Å²) < 4.78 is 23.6. The molecule has 0 aromatic rings. The van der Waals surface area contributed by atoms with E-state index in [1.807, 2.05) is 6.92 Å². The summed E-state index contributed by atoms with van der Waals surface area (Å²) in [6.07, 6.45) is 33.0. The molecule has 392 valence electrons. The van der Waals surface area contributed by atoms with Crippen LogP contribution in [0.5, 0.6) is 0 Å². The molecule has 0 spiro atoms. The number of carboxylic acids is 1. The lowest BCUT2D eigenvalue weighted by atomic mass is 9.59. The van der Waals surface area contributed by atoms with Gasteiger partial charge < -0.3 is 29.8 Å². The van der Waals surface area contributed by atoms with Gasteiger partial charge in [0.05, 0.1) is 21.8 Å². The smallest absolute Gasteiger partial charge is 0.314 e. The molecule has 12 heteroatoms. The molecule has 1 heterocycles. The van der Waals surface area contributed by atoms with Gasteiger partial charge in [-0.2, -0.15) is 0 Å². The minimum atomic E-state index is -1.26. The van der Waals surface area contributed by atoms with E-state index in [9.17, 15) is 33.9 Å². The third-order valence-electron chi connectivity index (χ3n) is 16.9. The fourth-order valence-electron chi connectivity index (χ4n) is 10.2. The molecule has 5 unspecified atom stereocenters. The highest BCUT2D eigenvalue weighted by atomic mass is 16.6. The van der Waals surface area contributed by atoms with Gasteiger partial charge in [-0.3, -0.25) is 28.8 Å². The molecule has 4 aliphatic rings. The van der Waals surface area contributed by atoms with Gasteiger partial charge >= 0.3 is 29.8 Å². The molecule has 0 aromatic heterocycles. The topological polar surface area (TPSA) is 186 Å². The highest BCUT2D eigenvalue weighted by Gasteiger charge is 2.91. The van der Waals surface area contributed by atoms with Gasteiger partial charge in [0.25, 0.3) is 0 Å². The fraction of sp³-hybridized carbons (Fsp3) is 0.825. The molecule has 4 fully saturated rings. The van der Waals surface area contributed by atoms with E-state index in [0.29, 0.717) is 38.5 Å². The molecule has 4 rings (SSSR count). The molecule has 12 nitrogen and oxygen atoms in total. The maximum Gasteiger partial charge on any atom is 0.314 e. The molecule has 0 bridgehead atoms. The van der Waals surface area contributed by atoms with Gasteiger partial charge in [0.2, 0.25) is 0 Å². The van der Waals surface area contributed by atoms with Crippen LogP contribution in [-0.4, -0.2) is 69.7 Å². The number of rotatable bonds is 35. The average molecular weight is 968 g/mol. The van der Waals surface area contributed by atoms with Crippen LogP contribution in [-0.2, 0) is 47.7 Å². The minimum Gasteiger partial charge on any atom is -0.481 e. The largest absolute Gasteiger partial charge is 0.481 e. The first-order valence-electron chi connectivity index (χ1n) is 27.4. The standard InChI is InChI=1S/C57H93NO11/c1-9-11-12-25-32-44(66-50(64)53(5,6)52(3,4)49(62)63)33-26-21-17-13-15-19-23-28-36-46(59)68-56-40-57(56,41-56)69-47(60)37-29-24-20-16-14-18-22-27-34-45-35-30-31-43(10-2)54(7,51(65)67-45)55(8,58)48(61)42-38-39-42/h21-22,26-27,42-45H,9-20,23-25,28-41,58H2,1-8H3,(H,62,63). The number of allylic oxidation sites excluding steroid dienone is 2. The summed E-state index contributed by atoms with van der Waals surface area (Å²) >= 11 is 0. The highest BCUT2D eigenvalue weighted by molar-refractivity contribution is 5.98. The number of ether oxygens (including phenoxy) is 4. The van der Waals surface area contributed by atoms with Gasteiger partial charge in [0.15, 0.2) is 17.0 Å². The third-order valence-corrected chi connectivity index (χ3v) is 16.9. The van der Waals surface area contributed by atoms with Crippen molar-refractivity contribution in [3.05, 3.63) is 24.3 Å². The van der Waals surface area contributed by atoms with Crippen molar-refractivity contribution in [2.24, 2.45) is 33.8 Å². The summed E-state index contributed by atoms with van der Waals surface area (Å²) in [4.78, 5) is 77.2. The summed E-state index contributed by atoms with van der Waals surface area (Å²) in [6.45, 7) is 14.3. The molecule has 69 heavy (non-hydrogen) atoms. The zero-order valence-corrected chi connectivity index (χ0v) is 44.2. The summed E-state index contributed by atoms with van der Waals surface area (Å²) in [5.41, 5.74) is 0.846. The van der Waals surface area contributed by atoms with Crippen molar-refractivity contribution in [3.63, 3.8) is 0 Å². The third kappa shape index (κ3) is 15.7. The van der Waals surface area contributed by atoms with Gasteiger partial charge in [-0.05, 0) is 131 Å². The number of carbonyl (C=O) groups excluding carboxylic acids is 5. The average Bonchev–Trinajstić information content (AvgIpc) is 4.25. The Kier molecular flexibility index (Phi) is 22.1. The number of fused-ring (bicyclic) bond motifs is 1. The first-order chi connectivity index (χ1) is 32.6. The van der Waals surface area contributed by atoms with E-state index in [4.69, 9.17) is 24.7 Å². The lowest BCUT2D eigenvalue weighted by molar-refractivity contribution is -0.176. The van der Waals surface area contributed by atoms with E-state index in [-0.39, 0.29) is 47.7 Å². The number of hydrogen-bond donors (Lipinski definition) is 2. The number of carboxylic acid groups (broad SMARTS) is 1. The lowest BCUT2D eigenvalue weighted by Crippen LogP contribution is -2.65. The second-order valence-electron chi connectivity index (χ2n) is 22.9. The number of esters is 4. The number of aliphatic carboxylic acids is 1. The summed E-state index contributed by atoms with van der Waals surface area (Å²) in [5.74, 6) is -2.26. The number of carbonyl (C=O) groups is 6. The van der Waals surface area contributed by atoms with Gasteiger partial charge in [-0.1, -0.05) is 102 Å². The Morgan fingerprint density at radius 3 is 1.80 bits per heavy atom. The number of nitrogens with two attached hydrogens (primary N) is 1. The first kappa shape index (κ1) is 58.0. The van der Waals surface area contributed by atoms with Crippen LogP contribution in [0.3, 0.4) is 0 Å². The van der Waals surface area contributed by atoms with Crippen molar-refractivity contribution in [2.75, 3.05) is 0 Å². The van der Waals surface area contributed by atoms with E-state index in [0.717, 1.165) is 148 Å². The van der Waals surface area contributed by atoms with E-state index >= 15 is 0 Å². The second kappa shape index (κ2) is 26.2. The van der Waals surface area contributed by atoms with Crippen molar-refractivity contribution >= 4 is 35.6 Å². The second-order valence-corrected chi connectivity index (χ2v) is 22.9. The number of Topliss-reactive ketones (excluding diaryl/α,β-unsaturated/α-hetero) is 1. The predicted molar refractivity (Wildman–Crippen MR) is 269 cm³/mol. The Morgan fingerprint density at radius 2 is 1.26 bits per heavy atom. The van der Waals surface area contributed by atoms with Crippen LogP contribution in [0.1, 0.15) is 242 Å². The van der Waals surface area contributed by atoms with Crippen LogP contribution in [0.4, 0.5) is 0 Å². The van der Waals surface area contributed by atoms with Crippen LogP contribution >= 0.6 is 0 Å². The normalized spacial score (nSPS) is 26.0. The molecule has 3 aliphatic carbocycles. The zero-order chi connectivity index (χ0) is 50.9. The van der Waals surface area contributed by atoms with Crippen LogP contribution in [0.25, 0.3) is 0 Å². The van der Waals surface area contributed by atoms with E-state index in [2.05, 4.69) is 38.2 Å². The monoisotopic (exact) mass is 968 g/mol. The Balaban J connectivity index is 0.996. The summed E-state index contributed by atoms with van der Waals surface area (Å²) in [7, 11) is 0. The van der Waals surface area contributed by atoms with Crippen molar-refractivity contribution in [1.82, 2.24) is 0 Å².